The van der Waals surface area contributed by atoms with Crippen LogP contribution in [0.1, 0.15) is 36.5 Å². The molecule has 2 heterocycles. The smallest absolute Gasteiger partial charge is 0.296 e. The first-order valence-electron chi connectivity index (χ1n) is 18.5. The zero-order valence-corrected chi connectivity index (χ0v) is 37.4. The van der Waals surface area contributed by atoms with E-state index in [0.717, 1.165) is 30.2 Å². The second-order valence-electron chi connectivity index (χ2n) is 13.1. The minimum Gasteiger partial charge on any atom is -0.493 e. The van der Waals surface area contributed by atoms with Crippen molar-refractivity contribution in [3.63, 3.8) is 0 Å². The molecule has 0 atom stereocenters. The van der Waals surface area contributed by atoms with Crippen molar-refractivity contribution in [3.05, 3.63) is 95.6 Å². The highest BCUT2D eigenvalue weighted by molar-refractivity contribution is 7.94. The summed E-state index contributed by atoms with van der Waals surface area (Å²) < 4.78 is 77.2. The fraction of sp³-hybridized carbons (Fsp3) is 0.211. The van der Waals surface area contributed by atoms with Gasteiger partial charge in [0, 0.05) is 34.3 Å². The van der Waals surface area contributed by atoms with Gasteiger partial charge in [-0.2, -0.15) is 37.4 Å². The second kappa shape index (κ2) is 23.3. The van der Waals surface area contributed by atoms with Gasteiger partial charge in [0.1, 0.15) is 33.7 Å². The summed E-state index contributed by atoms with van der Waals surface area (Å²) in [5, 5.41) is 71.3. The van der Waals surface area contributed by atoms with Crippen molar-refractivity contribution in [2.75, 3.05) is 18.6 Å². The van der Waals surface area contributed by atoms with E-state index in [1.165, 1.54) is 22.6 Å². The number of imidazole rings is 1. The number of nitrogens with zero attached hydrogens (tertiary/aromatic N) is 9. The number of fused-ring (bicyclic) bond motifs is 3. The maximum Gasteiger partial charge on any atom is 0.296 e. The lowest BCUT2D eigenvalue weighted by atomic mass is 10.0. The maximum atomic E-state index is 12.5. The van der Waals surface area contributed by atoms with Crippen LogP contribution in [0.15, 0.2) is 119 Å². The molecule has 0 saturated heterocycles. The van der Waals surface area contributed by atoms with Crippen molar-refractivity contribution in [2.45, 2.75) is 42.9 Å². The fourth-order valence-electron chi connectivity index (χ4n) is 5.74. The predicted octanol–water partition coefficient (Wildman–Crippen LogP) is 10.6. The normalized spacial score (nSPS) is 12.1. The van der Waals surface area contributed by atoms with Crippen molar-refractivity contribution < 1.29 is 65.0 Å². The number of pyridine rings is 1. The van der Waals surface area contributed by atoms with Crippen LogP contribution in [0.3, 0.4) is 0 Å². The van der Waals surface area contributed by atoms with Gasteiger partial charge in [0.15, 0.2) is 11.3 Å². The Labute approximate surface area is 378 Å². The maximum absolute atomic E-state index is 12.5. The van der Waals surface area contributed by atoms with E-state index in [9.17, 15) is 31.8 Å². The van der Waals surface area contributed by atoms with Gasteiger partial charge in [0.2, 0.25) is 5.88 Å². The summed E-state index contributed by atoms with van der Waals surface area (Å²) in [5.74, 6) is 0.297. The van der Waals surface area contributed by atoms with Gasteiger partial charge in [-0.25, -0.2) is 15.5 Å². The molecule has 0 aliphatic heterocycles. The summed E-state index contributed by atoms with van der Waals surface area (Å²) in [6.45, 7) is 3.75. The molecule has 0 amide bonds. The van der Waals surface area contributed by atoms with Crippen LogP contribution in [0.25, 0.3) is 16.7 Å². The first-order chi connectivity index (χ1) is 31.1. The van der Waals surface area contributed by atoms with Crippen LogP contribution >= 0.6 is 24.1 Å². The van der Waals surface area contributed by atoms with Crippen molar-refractivity contribution in [1.29, 1.82) is 5.26 Å². The topological polar surface area (TPSA) is 331 Å². The molecule has 0 saturated carbocycles. The Morgan fingerprint density at radius 3 is 2.17 bits per heavy atom. The van der Waals surface area contributed by atoms with Gasteiger partial charge < -0.3 is 9.84 Å². The molecule has 5 N–H and O–H groups in total. The Morgan fingerprint density at radius 1 is 0.831 bits per heavy atom. The molecular weight excluding hydrogens is 935 g/mol. The van der Waals surface area contributed by atoms with Gasteiger partial charge in [-0.1, -0.05) is 35.6 Å². The van der Waals surface area contributed by atoms with E-state index in [2.05, 4.69) is 60.5 Å². The van der Waals surface area contributed by atoms with Crippen LogP contribution in [0, 0.1) is 18.3 Å². The van der Waals surface area contributed by atoms with Gasteiger partial charge in [0.05, 0.1) is 53.0 Å². The molecule has 342 valence electrons. The minimum absolute atomic E-state index is 0.0755. The molecule has 0 spiro atoms. The minimum atomic E-state index is -4.82. The van der Waals surface area contributed by atoms with E-state index in [0.29, 0.717) is 69.7 Å². The number of benzene rings is 4. The van der Waals surface area contributed by atoms with Crippen LogP contribution in [0.5, 0.6) is 11.6 Å². The Bertz CT molecular complexity index is 2990. The highest BCUT2D eigenvalue weighted by atomic mass is 32.2. The number of para-hydroxylation sites is 2. The van der Waals surface area contributed by atoms with Crippen molar-refractivity contribution in [2.24, 2.45) is 30.7 Å². The number of aryl methyl sites for hydroxylation is 1. The SMILES string of the molecule is CCCc1c(N=Nc2cc(C)c(N=Nc3ccc(N=Nc4ccc(SOOO)cc4)cc3S(=O)(=O)O)cc2OCCCSOOO)c(O)n2c(nc3ccccc32)c1C#N.CS(=O)(=O)O. The number of azo groups is 3. The molecule has 2 aromatic heterocycles. The molecule has 23 nitrogen and oxygen atoms in total. The lowest BCUT2D eigenvalue weighted by Crippen LogP contribution is -2.00. The number of rotatable bonds is 19. The number of hydrogen-bond donors (Lipinski definition) is 5. The first kappa shape index (κ1) is 50.0. The summed E-state index contributed by atoms with van der Waals surface area (Å²) in [5.41, 5.74) is 3.50. The zero-order chi connectivity index (χ0) is 47.1. The number of aromatic hydroxyl groups is 1. The molecule has 27 heteroatoms. The monoisotopic (exact) mass is 971 g/mol. The fourth-order valence-corrected chi connectivity index (χ4v) is 7.09. The van der Waals surface area contributed by atoms with Crippen LogP contribution in [-0.4, -0.2) is 69.6 Å². The zero-order valence-electron chi connectivity index (χ0n) is 34.1. The van der Waals surface area contributed by atoms with E-state index < -0.39 is 25.1 Å². The third-order valence-corrected chi connectivity index (χ3v) is 10.5. The molecule has 0 radical (unpaired) electrons. The van der Waals surface area contributed by atoms with Gasteiger partial charge in [-0.05, 0) is 86.0 Å². The molecule has 0 aliphatic carbocycles. The van der Waals surface area contributed by atoms with E-state index >= 15 is 0 Å². The van der Waals surface area contributed by atoms with Crippen LogP contribution in [-0.2, 0) is 45.4 Å². The lowest BCUT2D eigenvalue weighted by molar-refractivity contribution is -0.432. The van der Waals surface area contributed by atoms with Gasteiger partial charge in [-0.15, -0.1) is 24.0 Å². The van der Waals surface area contributed by atoms with Gasteiger partial charge in [0.25, 0.3) is 20.2 Å². The van der Waals surface area contributed by atoms with Crippen LogP contribution in [0.2, 0.25) is 0 Å². The second-order valence-corrected chi connectivity index (χ2v) is 17.5. The summed E-state index contributed by atoms with van der Waals surface area (Å²) >= 11 is 1.60. The average molecular weight is 972 g/mol. The summed E-state index contributed by atoms with van der Waals surface area (Å²) in [6.07, 6.45) is 2.16. The molecule has 6 aromatic rings. The molecule has 0 unspecified atom stereocenters. The molecule has 65 heavy (non-hydrogen) atoms. The molecule has 0 aliphatic rings. The van der Waals surface area contributed by atoms with E-state index in [-0.39, 0.29) is 52.2 Å². The van der Waals surface area contributed by atoms with Crippen LogP contribution < -0.4 is 4.74 Å². The predicted molar refractivity (Wildman–Crippen MR) is 235 cm³/mol. The van der Waals surface area contributed by atoms with E-state index in [1.54, 1.807) is 61.5 Å². The highest BCUT2D eigenvalue weighted by Crippen LogP contribution is 2.42. The Balaban J connectivity index is 0.00000150. The van der Waals surface area contributed by atoms with Crippen molar-refractivity contribution in [3.8, 4) is 17.7 Å². The van der Waals surface area contributed by atoms with E-state index in [4.69, 9.17) is 19.8 Å². The molecule has 0 fully saturated rings. The molecule has 6 rings (SSSR count). The Kier molecular flexibility index (Phi) is 17.9. The van der Waals surface area contributed by atoms with E-state index in [1.807, 2.05) is 6.92 Å². The van der Waals surface area contributed by atoms with Gasteiger partial charge >= 0.3 is 0 Å². The third-order valence-electron chi connectivity index (χ3n) is 8.42. The number of ether oxygens (including phenoxy) is 1. The first-order valence-corrected chi connectivity index (χ1v) is 23.5. The molecular formula is C38H37N9O14S4. The average Bonchev–Trinajstić information content (AvgIpc) is 3.65. The Hall–Kier alpha value is -6.00. The largest absolute Gasteiger partial charge is 0.493 e. The van der Waals surface area contributed by atoms with Crippen LogP contribution in [0.4, 0.5) is 34.1 Å². The standard InChI is InChI=1S/C37H33N9O11S3.CH4O3S/c1-3-7-26-27(21-38)36-39-28-8-4-5-9-32(28)46(36)37(47)35(26)45-44-31-18-22(2)30(20-33(31)53-16-6-17-58-56-54-48)43-42-29-15-12-24(19-34(29)60(50,51)52)41-40-23-10-13-25(14-11-23)59-57-55-49;1-5(2,3)4/h4-5,8-15,18-20,47-49H,3,6-7,16-17H2,1-2H3,(H,50,51,52);1H3,(H,2,3,4). The lowest BCUT2D eigenvalue weighted by Gasteiger charge is -2.13. The summed E-state index contributed by atoms with van der Waals surface area (Å²) in [4.78, 5) is 4.61. The third kappa shape index (κ3) is 14.0. The number of aromatic nitrogens is 2. The number of nitriles is 1. The Morgan fingerprint density at radius 2 is 1.49 bits per heavy atom. The van der Waals surface area contributed by atoms with Crippen molar-refractivity contribution in [1.82, 2.24) is 9.38 Å². The highest BCUT2D eigenvalue weighted by Gasteiger charge is 2.23. The molecule has 0 bridgehead atoms. The quantitative estimate of drug-likeness (QED) is 0.0126. The molecule has 4 aromatic carbocycles. The number of hydrogen-bond acceptors (Lipinski definition) is 22. The summed E-state index contributed by atoms with van der Waals surface area (Å²) in [6, 6.07) is 22.7. The van der Waals surface area contributed by atoms with Gasteiger partial charge in [-0.3, -0.25) is 13.5 Å². The van der Waals surface area contributed by atoms with Crippen molar-refractivity contribution >= 4 is 95.1 Å². The summed E-state index contributed by atoms with van der Waals surface area (Å²) in [7, 11) is -8.48.